The van der Waals surface area contributed by atoms with E-state index in [4.69, 9.17) is 11.6 Å². The maximum Gasteiger partial charge on any atom is 0.244 e. The lowest BCUT2D eigenvalue weighted by Crippen LogP contribution is -2.43. The monoisotopic (exact) mass is 387 g/mol. The fourth-order valence-electron chi connectivity index (χ4n) is 1.76. The number of rotatable bonds is 2. The standard InChI is InChI=1S/C10H11BrClNO4S2/c11-8-1-2-10(9(12)7-8)19(16,17)13-3-5-18(14,15)6-4-13/h1-2,7H,3-6H2. The predicted octanol–water partition coefficient (Wildman–Crippen LogP) is 1.52. The Morgan fingerprint density at radius 2 is 1.79 bits per heavy atom. The van der Waals surface area contributed by atoms with Gasteiger partial charge < -0.3 is 0 Å². The van der Waals surface area contributed by atoms with Crippen LogP contribution in [0.3, 0.4) is 0 Å². The first kappa shape index (κ1) is 15.2. The Balaban J connectivity index is 2.33. The summed E-state index contributed by atoms with van der Waals surface area (Å²) in [6.07, 6.45) is 0. The smallest absolute Gasteiger partial charge is 0.229 e. The van der Waals surface area contributed by atoms with Crippen molar-refractivity contribution in [2.45, 2.75) is 4.90 Å². The van der Waals surface area contributed by atoms with Gasteiger partial charge in [-0.05, 0) is 18.2 Å². The summed E-state index contributed by atoms with van der Waals surface area (Å²) in [5.74, 6) is -0.305. The van der Waals surface area contributed by atoms with Gasteiger partial charge in [-0.2, -0.15) is 4.31 Å². The van der Waals surface area contributed by atoms with E-state index in [1.165, 1.54) is 12.1 Å². The SMILES string of the molecule is O=S1(=O)CCN(S(=O)(=O)c2ccc(Br)cc2Cl)CC1. The minimum Gasteiger partial charge on any atom is -0.229 e. The number of hydrogen-bond acceptors (Lipinski definition) is 4. The van der Waals surface area contributed by atoms with E-state index < -0.39 is 19.9 Å². The highest BCUT2D eigenvalue weighted by Crippen LogP contribution is 2.28. The molecule has 0 radical (unpaired) electrons. The second kappa shape index (κ2) is 5.33. The van der Waals surface area contributed by atoms with Crippen LogP contribution in [0.5, 0.6) is 0 Å². The summed E-state index contributed by atoms with van der Waals surface area (Å²) < 4.78 is 49.2. The Bertz CT molecular complexity index is 688. The zero-order valence-electron chi connectivity index (χ0n) is 9.71. The van der Waals surface area contributed by atoms with Crippen molar-refractivity contribution in [1.82, 2.24) is 4.31 Å². The lowest BCUT2D eigenvalue weighted by Gasteiger charge is -2.26. The van der Waals surface area contributed by atoms with E-state index in [0.29, 0.717) is 4.47 Å². The van der Waals surface area contributed by atoms with Crippen molar-refractivity contribution in [3.8, 4) is 0 Å². The van der Waals surface area contributed by atoms with Gasteiger partial charge in [0.1, 0.15) is 4.90 Å². The summed E-state index contributed by atoms with van der Waals surface area (Å²) in [4.78, 5) is -0.00309. The van der Waals surface area contributed by atoms with Crippen LogP contribution in [0.4, 0.5) is 0 Å². The molecule has 9 heteroatoms. The molecule has 1 heterocycles. The molecule has 1 aliphatic heterocycles. The van der Waals surface area contributed by atoms with Crippen LogP contribution in [0.2, 0.25) is 5.02 Å². The highest BCUT2D eigenvalue weighted by atomic mass is 79.9. The minimum atomic E-state index is -3.74. The van der Waals surface area contributed by atoms with Crippen molar-refractivity contribution in [2.24, 2.45) is 0 Å². The van der Waals surface area contributed by atoms with Crippen LogP contribution in [0.25, 0.3) is 0 Å². The zero-order valence-corrected chi connectivity index (χ0v) is 13.7. The van der Waals surface area contributed by atoms with Crippen LogP contribution in [-0.4, -0.2) is 45.7 Å². The maximum absolute atomic E-state index is 12.4. The molecule has 0 amide bonds. The lowest BCUT2D eigenvalue weighted by atomic mass is 10.4. The van der Waals surface area contributed by atoms with Gasteiger partial charge >= 0.3 is 0 Å². The summed E-state index contributed by atoms with van der Waals surface area (Å²) in [7, 11) is -6.87. The molecular weight excluding hydrogens is 378 g/mol. The molecule has 0 aliphatic carbocycles. The van der Waals surface area contributed by atoms with E-state index in [9.17, 15) is 16.8 Å². The fourth-order valence-corrected chi connectivity index (χ4v) is 5.64. The molecular formula is C10H11BrClNO4S2. The molecule has 1 aromatic carbocycles. The summed E-state index contributed by atoms with van der Waals surface area (Å²) >= 11 is 9.14. The molecule has 0 bridgehead atoms. The molecule has 5 nitrogen and oxygen atoms in total. The van der Waals surface area contributed by atoms with Crippen LogP contribution in [0.15, 0.2) is 27.6 Å². The highest BCUT2D eigenvalue weighted by molar-refractivity contribution is 9.10. The third-order valence-corrected chi connectivity index (χ3v) is 7.30. The quantitative estimate of drug-likeness (QED) is 0.770. The number of sulfone groups is 1. The Morgan fingerprint density at radius 1 is 1.21 bits per heavy atom. The van der Waals surface area contributed by atoms with Gasteiger partial charge in [0.25, 0.3) is 0 Å². The Labute approximate surface area is 125 Å². The molecule has 0 aromatic heterocycles. The average molecular weight is 389 g/mol. The average Bonchev–Trinajstić information content (AvgIpc) is 2.27. The topological polar surface area (TPSA) is 71.5 Å². The number of hydrogen-bond donors (Lipinski definition) is 0. The van der Waals surface area contributed by atoms with Crippen LogP contribution in [0.1, 0.15) is 0 Å². The molecule has 0 N–H and O–H groups in total. The predicted molar refractivity (Wildman–Crippen MR) is 76.6 cm³/mol. The molecule has 19 heavy (non-hydrogen) atoms. The second-order valence-corrected chi connectivity index (χ2v) is 9.66. The van der Waals surface area contributed by atoms with E-state index in [0.717, 1.165) is 4.31 Å². The van der Waals surface area contributed by atoms with E-state index in [2.05, 4.69) is 15.9 Å². The van der Waals surface area contributed by atoms with Crippen LogP contribution in [0, 0.1) is 0 Å². The summed E-state index contributed by atoms with van der Waals surface area (Å²) in [5.41, 5.74) is 0. The number of halogens is 2. The lowest BCUT2D eigenvalue weighted by molar-refractivity contribution is 0.431. The van der Waals surface area contributed by atoms with Crippen LogP contribution >= 0.6 is 27.5 Å². The third-order valence-electron chi connectivity index (χ3n) is 2.82. The largest absolute Gasteiger partial charge is 0.244 e. The molecule has 1 saturated heterocycles. The molecule has 0 unspecified atom stereocenters. The van der Waals surface area contributed by atoms with Gasteiger partial charge in [0.15, 0.2) is 9.84 Å². The maximum atomic E-state index is 12.4. The first-order valence-corrected chi connectivity index (χ1v) is 9.81. The van der Waals surface area contributed by atoms with E-state index in [1.54, 1.807) is 6.07 Å². The van der Waals surface area contributed by atoms with Crippen LogP contribution in [-0.2, 0) is 19.9 Å². The van der Waals surface area contributed by atoms with Crippen LogP contribution < -0.4 is 0 Å². The Morgan fingerprint density at radius 3 is 2.32 bits per heavy atom. The van der Waals surface area contributed by atoms with Gasteiger partial charge in [-0.25, -0.2) is 16.8 Å². The molecule has 1 aliphatic rings. The van der Waals surface area contributed by atoms with Gasteiger partial charge in [-0.15, -0.1) is 0 Å². The van der Waals surface area contributed by atoms with Gasteiger partial charge in [0, 0.05) is 17.6 Å². The molecule has 0 atom stereocenters. The molecule has 1 aromatic rings. The van der Waals surface area contributed by atoms with Crippen molar-refractivity contribution >= 4 is 47.4 Å². The second-order valence-electron chi connectivity index (χ2n) is 4.13. The minimum absolute atomic E-state index is 0.00309. The van der Waals surface area contributed by atoms with E-state index in [-0.39, 0.29) is 34.5 Å². The Hall–Kier alpha value is -0.150. The first-order chi connectivity index (χ1) is 8.72. The number of sulfonamides is 1. The normalized spacial score (nSPS) is 20.3. The summed E-state index contributed by atoms with van der Waals surface area (Å²) in [5, 5.41) is 0.114. The zero-order chi connectivity index (χ0) is 14.3. The third kappa shape index (κ3) is 3.30. The Kier molecular flexibility index (Phi) is 4.27. The van der Waals surface area contributed by atoms with Crippen molar-refractivity contribution < 1.29 is 16.8 Å². The number of benzene rings is 1. The van der Waals surface area contributed by atoms with Gasteiger partial charge in [-0.1, -0.05) is 27.5 Å². The summed E-state index contributed by atoms with van der Waals surface area (Å²) in [6, 6.07) is 4.49. The molecule has 2 rings (SSSR count). The molecule has 0 saturated carbocycles. The summed E-state index contributed by atoms with van der Waals surface area (Å²) in [6.45, 7) is -0.0614. The van der Waals surface area contributed by atoms with Crippen molar-refractivity contribution in [2.75, 3.05) is 24.6 Å². The van der Waals surface area contributed by atoms with Crippen molar-refractivity contribution in [1.29, 1.82) is 0 Å². The van der Waals surface area contributed by atoms with E-state index >= 15 is 0 Å². The molecule has 0 spiro atoms. The molecule has 1 fully saturated rings. The highest BCUT2D eigenvalue weighted by Gasteiger charge is 2.32. The van der Waals surface area contributed by atoms with Gasteiger partial charge in [-0.3, -0.25) is 0 Å². The fraction of sp³-hybridized carbons (Fsp3) is 0.400. The van der Waals surface area contributed by atoms with Gasteiger partial charge in [0.05, 0.1) is 16.5 Å². The van der Waals surface area contributed by atoms with E-state index in [1.807, 2.05) is 0 Å². The number of nitrogens with zero attached hydrogens (tertiary/aromatic N) is 1. The molecule has 106 valence electrons. The van der Waals surface area contributed by atoms with Crippen molar-refractivity contribution in [3.63, 3.8) is 0 Å². The van der Waals surface area contributed by atoms with Crippen molar-refractivity contribution in [3.05, 3.63) is 27.7 Å². The first-order valence-electron chi connectivity index (χ1n) is 5.38. The van der Waals surface area contributed by atoms with Gasteiger partial charge in [0.2, 0.25) is 10.0 Å².